The Labute approximate surface area is 397 Å². The van der Waals surface area contributed by atoms with Gasteiger partial charge in [-0.25, -0.2) is 7.11 Å². The Morgan fingerprint density at radius 2 is 0.905 bits per heavy atom. The van der Waals surface area contributed by atoms with E-state index in [0.717, 1.165) is 58.0 Å². The number of hydrogen-bond donors (Lipinski definition) is 1. The molecule has 4 aromatic carbocycles. The molecule has 4 fully saturated rings. The smallest absolute Gasteiger partial charge is 0.0779 e. The number of rotatable bonds is 11. The van der Waals surface area contributed by atoms with E-state index in [1.54, 1.807) is 0 Å². The van der Waals surface area contributed by atoms with Gasteiger partial charge in [-0.05, 0) is 118 Å². The Morgan fingerprint density at radius 3 is 1.37 bits per heavy atom. The van der Waals surface area contributed by atoms with Crippen LogP contribution in [0, 0.1) is 57.5 Å². The predicted molar refractivity (Wildman–Crippen MR) is 258 cm³/mol. The van der Waals surface area contributed by atoms with Gasteiger partial charge in [0.25, 0.3) is 0 Å². The number of para-hydroxylation sites is 4. The Balaban J connectivity index is 0.00000198. The van der Waals surface area contributed by atoms with Crippen molar-refractivity contribution >= 4 is 43.6 Å². The summed E-state index contributed by atoms with van der Waals surface area (Å²) in [5.41, 5.74) is 5.07. The molecule has 338 valence electrons. The molecule has 12 unspecified atom stereocenters. The van der Waals surface area contributed by atoms with Gasteiger partial charge in [0.1, 0.15) is 0 Å². The van der Waals surface area contributed by atoms with Crippen LogP contribution in [0.15, 0.2) is 97.1 Å². The number of ether oxygens (including phenoxy) is 3. The van der Waals surface area contributed by atoms with Crippen LogP contribution in [0.2, 0.25) is 0 Å². The van der Waals surface area contributed by atoms with Crippen LogP contribution in [0.5, 0.6) is 0 Å². The summed E-state index contributed by atoms with van der Waals surface area (Å²) in [4.78, 5) is 0. The van der Waals surface area contributed by atoms with Crippen LogP contribution < -0.4 is 0 Å². The van der Waals surface area contributed by atoms with Crippen LogP contribution in [0.25, 0.3) is 43.6 Å². The fraction of sp³-hybridized carbons (Fsp3) is 0.518. The molecule has 1 N–H and O–H groups in total. The number of aromatic nitrogens is 2. The summed E-state index contributed by atoms with van der Waals surface area (Å²) in [6.07, 6.45) is 14.8. The van der Waals surface area contributed by atoms with Gasteiger partial charge in [-0.3, -0.25) is 0 Å². The molecule has 2 heterocycles. The van der Waals surface area contributed by atoms with Gasteiger partial charge in [-0.15, -0.1) is 0 Å². The number of aliphatic hydroxyl groups is 1. The molecule has 10 rings (SSSR count). The Bertz CT molecular complexity index is 2280. The number of fused-ring (bicyclic) bond motifs is 6. The Morgan fingerprint density at radius 1 is 0.524 bits per heavy atom. The van der Waals surface area contributed by atoms with E-state index in [0.29, 0.717) is 36.2 Å². The van der Waals surface area contributed by atoms with Crippen LogP contribution in [-0.4, -0.2) is 51.9 Å². The van der Waals surface area contributed by atoms with E-state index >= 15 is 0 Å². The minimum atomic E-state index is -0.399. The van der Waals surface area contributed by atoms with E-state index in [1.807, 2.05) is 0 Å². The zero-order chi connectivity index (χ0) is 40.7. The second-order valence-electron chi connectivity index (χ2n) is 19.6. The van der Waals surface area contributed by atoms with Crippen molar-refractivity contribution in [2.24, 2.45) is 35.5 Å². The zero-order valence-corrected chi connectivity index (χ0v) is 42.1. The summed E-state index contributed by atoms with van der Waals surface area (Å²) in [5, 5.41) is 17.6. The molecule has 6 nitrogen and oxygen atoms in total. The van der Waals surface area contributed by atoms with Crippen molar-refractivity contribution in [2.75, 3.05) is 13.2 Å². The van der Waals surface area contributed by atoms with Crippen LogP contribution in [0.1, 0.15) is 109 Å². The molecule has 2 aromatic heterocycles. The summed E-state index contributed by atoms with van der Waals surface area (Å²) in [6.45, 7) is 6.29. The third-order valence-electron chi connectivity index (χ3n) is 15.9. The van der Waals surface area contributed by atoms with Gasteiger partial charge in [0.2, 0.25) is 0 Å². The molecule has 12 atom stereocenters. The summed E-state index contributed by atoms with van der Waals surface area (Å²) < 4.78 is 25.3. The van der Waals surface area contributed by atoms with Gasteiger partial charge in [-0.2, -0.15) is 0 Å². The quantitative estimate of drug-likeness (QED) is 0.0798. The SMILES string of the molecule is [CH2-]OC1C(C2CCCCC2OCCCOC2CCCCC2C2CC(C)CC(n3c4ccccc4c4ccccc43)C2O)CC(C)CC1n1c2ccccc2c2ccccc21.[CH3-].[CH3-].[Hf]. The molecule has 6 aromatic rings. The maximum absolute atomic E-state index is 12.4. The van der Waals surface area contributed by atoms with Crippen LogP contribution >= 0.6 is 0 Å². The van der Waals surface area contributed by atoms with Crippen molar-refractivity contribution in [2.45, 2.75) is 134 Å². The van der Waals surface area contributed by atoms with Crippen molar-refractivity contribution in [1.82, 2.24) is 9.13 Å². The number of benzene rings is 4. The van der Waals surface area contributed by atoms with E-state index in [4.69, 9.17) is 14.2 Å². The summed E-state index contributed by atoms with van der Waals surface area (Å²) in [7, 11) is 4.16. The zero-order valence-electron chi connectivity index (χ0n) is 38.5. The van der Waals surface area contributed by atoms with E-state index in [-0.39, 0.29) is 77.0 Å². The number of hydrogen-bond acceptors (Lipinski definition) is 4. The first-order chi connectivity index (χ1) is 29.5. The topological polar surface area (TPSA) is 57.8 Å². The van der Waals surface area contributed by atoms with Gasteiger partial charge in [-0.1, -0.05) is 112 Å². The Kier molecular flexibility index (Phi) is 16.2. The van der Waals surface area contributed by atoms with Gasteiger partial charge in [0.05, 0.1) is 30.4 Å². The van der Waals surface area contributed by atoms with Crippen molar-refractivity contribution in [3.8, 4) is 0 Å². The van der Waals surface area contributed by atoms with E-state index in [9.17, 15) is 5.11 Å². The van der Waals surface area contributed by atoms with Crippen LogP contribution in [0.3, 0.4) is 0 Å². The first kappa shape index (κ1) is 48.1. The first-order valence-corrected chi connectivity index (χ1v) is 23.8. The fourth-order valence-corrected chi connectivity index (χ4v) is 13.4. The molecule has 0 amide bonds. The van der Waals surface area contributed by atoms with Crippen molar-refractivity contribution in [1.29, 1.82) is 0 Å². The van der Waals surface area contributed by atoms with Crippen molar-refractivity contribution < 1.29 is 45.2 Å². The van der Waals surface area contributed by atoms with Crippen LogP contribution in [-0.2, 0) is 40.1 Å². The largest absolute Gasteiger partial charge is 0.551 e. The van der Waals surface area contributed by atoms with Gasteiger partial charge in [0, 0.05) is 88.8 Å². The average molecular weight is 1020 g/mol. The summed E-state index contributed by atoms with van der Waals surface area (Å²) in [5.74, 6) is 2.61. The van der Waals surface area contributed by atoms with E-state index < -0.39 is 6.10 Å². The summed E-state index contributed by atoms with van der Waals surface area (Å²) in [6, 6.07) is 35.6. The fourth-order valence-electron chi connectivity index (χ4n) is 13.4. The second-order valence-corrected chi connectivity index (χ2v) is 19.6. The molecule has 0 radical (unpaired) electrons. The predicted octanol–water partition coefficient (Wildman–Crippen LogP) is 13.8. The maximum atomic E-state index is 12.4. The average Bonchev–Trinajstić information content (AvgIpc) is 3.80. The van der Waals surface area contributed by atoms with Crippen molar-refractivity contribution in [3.63, 3.8) is 0 Å². The molecule has 7 heteroatoms. The third-order valence-corrected chi connectivity index (χ3v) is 15.9. The molecule has 0 aliphatic heterocycles. The normalized spacial score (nSPS) is 31.4. The van der Waals surface area contributed by atoms with Crippen LogP contribution in [0.4, 0.5) is 0 Å². The molecule has 0 spiro atoms. The summed E-state index contributed by atoms with van der Waals surface area (Å²) >= 11 is 0. The Hall–Kier alpha value is -2.81. The molecule has 4 aliphatic carbocycles. The molecule has 0 bridgehead atoms. The van der Waals surface area contributed by atoms with Crippen molar-refractivity contribution in [3.05, 3.63) is 119 Å². The van der Waals surface area contributed by atoms with Gasteiger partial charge < -0.3 is 43.3 Å². The molecular formula is C56H73HfN2O4-3. The third kappa shape index (κ3) is 9.18. The molecular weight excluding hydrogens is 943 g/mol. The molecule has 63 heavy (non-hydrogen) atoms. The monoisotopic (exact) mass is 1020 g/mol. The van der Waals surface area contributed by atoms with Gasteiger partial charge >= 0.3 is 0 Å². The maximum Gasteiger partial charge on any atom is 0.0779 e. The molecule has 4 aliphatic rings. The standard InChI is InChI=1S/C54H67N2O4.2CH3.Hf/c1-35-31-43(53(57)49(33-35)55-45-23-10-4-17-37(45)38-18-5-11-24-46(38)55)41-21-8-14-27-51(41)59-29-16-30-60-52-28-15-9-22-42(52)44-32-36(2)34-50(54(44)58-3)56-47-25-12-6-19-39(47)40-20-7-13-26-48(40)56;;;/h4-7,10-13,17-20,23-26,35-36,41-44,49-54,57H,3,8-9,14-16,21-22,27-34H2,1-2H3;2*1H3;/q3*-1;. The van der Waals surface area contributed by atoms with E-state index in [1.165, 1.54) is 75.7 Å². The minimum absolute atomic E-state index is 0. The number of aliphatic hydroxyl groups excluding tert-OH is 1. The first-order valence-electron chi connectivity index (χ1n) is 23.8. The van der Waals surface area contributed by atoms with E-state index in [2.05, 4.69) is 127 Å². The van der Waals surface area contributed by atoms with Gasteiger partial charge in [0.15, 0.2) is 0 Å². The number of nitrogens with zero attached hydrogens (tertiary/aromatic N) is 2. The molecule has 4 saturated carbocycles. The second kappa shape index (κ2) is 21.2. The molecule has 0 saturated heterocycles. The minimum Gasteiger partial charge on any atom is -0.551 e.